The number of benzene rings is 1. The van der Waals surface area contributed by atoms with Crippen LogP contribution in [0.4, 0.5) is 5.69 Å². The summed E-state index contributed by atoms with van der Waals surface area (Å²) in [6.45, 7) is 5.94. The molecule has 0 radical (unpaired) electrons. The minimum atomic E-state index is -0.746. The third-order valence-electron chi connectivity index (χ3n) is 5.48. The van der Waals surface area contributed by atoms with Crippen LogP contribution in [0.15, 0.2) is 18.2 Å². The van der Waals surface area contributed by atoms with Gasteiger partial charge in [-0.2, -0.15) is 0 Å². The van der Waals surface area contributed by atoms with Gasteiger partial charge in [0.05, 0.1) is 6.54 Å². The van der Waals surface area contributed by atoms with Gasteiger partial charge in [0, 0.05) is 48.0 Å². The number of halogens is 1. The number of aliphatic carboxylic acids is 1. The lowest BCUT2D eigenvalue weighted by Crippen LogP contribution is -2.53. The Morgan fingerprint density at radius 3 is 2.72 bits per heavy atom. The minimum absolute atomic E-state index is 0.136. The molecule has 138 valence electrons. The lowest BCUT2D eigenvalue weighted by molar-refractivity contribution is -0.139. The molecule has 5 nitrogen and oxygen atoms in total. The van der Waals surface area contributed by atoms with Crippen molar-refractivity contribution in [3.05, 3.63) is 28.8 Å². The van der Waals surface area contributed by atoms with Crippen molar-refractivity contribution in [2.24, 2.45) is 0 Å². The first-order valence-corrected chi connectivity index (χ1v) is 9.67. The number of nitrogens with one attached hydrogen (secondary N) is 1. The zero-order valence-corrected chi connectivity index (χ0v) is 15.6. The van der Waals surface area contributed by atoms with Gasteiger partial charge in [0.2, 0.25) is 0 Å². The normalized spacial score (nSPS) is 23.1. The second-order valence-electron chi connectivity index (χ2n) is 7.09. The van der Waals surface area contributed by atoms with Crippen LogP contribution >= 0.6 is 11.6 Å². The minimum Gasteiger partial charge on any atom is -0.480 e. The quantitative estimate of drug-likeness (QED) is 0.741. The molecule has 0 unspecified atom stereocenters. The molecule has 1 saturated carbocycles. The summed E-state index contributed by atoms with van der Waals surface area (Å²) in [4.78, 5) is 15.4. The molecule has 0 bridgehead atoms. The number of likely N-dealkylation sites (N-methyl/N-ethyl adjacent to an activating group) is 1. The van der Waals surface area contributed by atoms with E-state index in [-0.39, 0.29) is 6.54 Å². The third-order valence-corrected chi connectivity index (χ3v) is 5.84. The number of hydrogen-bond acceptors (Lipinski definition) is 4. The molecule has 6 heteroatoms. The van der Waals surface area contributed by atoms with Gasteiger partial charge in [-0.25, -0.2) is 0 Å². The number of carboxylic acids is 1. The lowest BCUT2D eigenvalue weighted by atomic mass is 9.85. The van der Waals surface area contributed by atoms with Gasteiger partial charge < -0.3 is 15.3 Å². The molecule has 1 aromatic carbocycles. The van der Waals surface area contributed by atoms with Crippen LogP contribution < -0.4 is 10.2 Å². The van der Waals surface area contributed by atoms with Crippen molar-refractivity contribution in [2.45, 2.75) is 51.2 Å². The first kappa shape index (κ1) is 18.5. The molecule has 1 aliphatic carbocycles. The van der Waals surface area contributed by atoms with Crippen LogP contribution in [-0.4, -0.2) is 54.2 Å². The van der Waals surface area contributed by atoms with E-state index in [1.54, 1.807) is 0 Å². The summed E-state index contributed by atoms with van der Waals surface area (Å²) >= 11 is 6.47. The Bertz CT molecular complexity index is 598. The summed E-state index contributed by atoms with van der Waals surface area (Å²) in [6.07, 6.45) is 4.51. The zero-order valence-electron chi connectivity index (χ0n) is 14.9. The van der Waals surface area contributed by atoms with Crippen molar-refractivity contribution in [1.82, 2.24) is 10.2 Å². The molecule has 2 fully saturated rings. The van der Waals surface area contributed by atoms with Gasteiger partial charge in [-0.1, -0.05) is 24.6 Å². The van der Waals surface area contributed by atoms with Gasteiger partial charge >= 0.3 is 5.97 Å². The van der Waals surface area contributed by atoms with E-state index in [0.717, 1.165) is 44.0 Å². The topological polar surface area (TPSA) is 55.8 Å². The fraction of sp³-hybridized carbons (Fsp3) is 0.632. The zero-order chi connectivity index (χ0) is 17.8. The van der Waals surface area contributed by atoms with Crippen LogP contribution in [0.2, 0.25) is 5.02 Å². The van der Waals surface area contributed by atoms with Crippen LogP contribution in [0.3, 0.4) is 0 Å². The van der Waals surface area contributed by atoms with E-state index < -0.39 is 5.97 Å². The van der Waals surface area contributed by atoms with Crippen molar-refractivity contribution in [2.75, 3.05) is 31.1 Å². The van der Waals surface area contributed by atoms with Gasteiger partial charge in [0.1, 0.15) is 0 Å². The fourth-order valence-corrected chi connectivity index (χ4v) is 4.18. The average Bonchev–Trinajstić information content (AvgIpc) is 3.07. The van der Waals surface area contributed by atoms with Crippen LogP contribution in [0.25, 0.3) is 0 Å². The molecule has 0 spiro atoms. The van der Waals surface area contributed by atoms with E-state index in [1.165, 1.54) is 24.1 Å². The molecule has 2 aliphatic rings. The fourth-order valence-electron chi connectivity index (χ4n) is 3.95. The number of anilines is 1. The van der Waals surface area contributed by atoms with Crippen molar-refractivity contribution < 1.29 is 9.90 Å². The molecule has 0 atom stereocenters. The standard InChI is InChI=1S/C19H28ClN3O2/c1-2-22(13-19(24)25)15-10-14(11-15)21-12-16-17(20)6-5-7-18(16)23-8-3-4-9-23/h5-7,14-15,21H,2-4,8-13H2,1H3,(H,24,25). The smallest absolute Gasteiger partial charge is 0.317 e. The summed E-state index contributed by atoms with van der Waals surface area (Å²) in [7, 11) is 0. The Kier molecular flexibility index (Phi) is 6.20. The number of hydrogen-bond donors (Lipinski definition) is 2. The number of rotatable bonds is 8. The molecular formula is C19H28ClN3O2. The summed E-state index contributed by atoms with van der Waals surface area (Å²) < 4.78 is 0. The Hall–Kier alpha value is -1.30. The number of nitrogens with zero attached hydrogens (tertiary/aromatic N) is 2. The average molecular weight is 366 g/mol. The van der Waals surface area contributed by atoms with Crippen molar-refractivity contribution in [1.29, 1.82) is 0 Å². The van der Waals surface area contributed by atoms with E-state index >= 15 is 0 Å². The van der Waals surface area contributed by atoms with E-state index in [9.17, 15) is 4.79 Å². The Labute approximate surface area is 154 Å². The van der Waals surface area contributed by atoms with E-state index in [2.05, 4.69) is 16.3 Å². The largest absolute Gasteiger partial charge is 0.480 e. The molecule has 3 rings (SSSR count). The third kappa shape index (κ3) is 4.46. The Morgan fingerprint density at radius 1 is 1.36 bits per heavy atom. The molecule has 0 aromatic heterocycles. The maximum atomic E-state index is 10.9. The van der Waals surface area contributed by atoms with Gasteiger partial charge in [-0.05, 0) is 44.4 Å². The SMILES string of the molecule is CCN(CC(=O)O)C1CC(NCc2c(Cl)cccc2N2CCCC2)C1. The first-order valence-electron chi connectivity index (χ1n) is 9.30. The highest BCUT2D eigenvalue weighted by Crippen LogP contribution is 2.31. The van der Waals surface area contributed by atoms with Crippen molar-refractivity contribution in [3.8, 4) is 0 Å². The summed E-state index contributed by atoms with van der Waals surface area (Å²) in [5.41, 5.74) is 2.45. The van der Waals surface area contributed by atoms with Crippen LogP contribution in [0, 0.1) is 0 Å². The summed E-state index contributed by atoms with van der Waals surface area (Å²) in [5.74, 6) is -0.746. The second-order valence-corrected chi connectivity index (χ2v) is 7.50. The van der Waals surface area contributed by atoms with Crippen LogP contribution in [0.1, 0.15) is 38.2 Å². The Morgan fingerprint density at radius 2 is 2.08 bits per heavy atom. The maximum Gasteiger partial charge on any atom is 0.317 e. The number of carbonyl (C=O) groups is 1. The summed E-state index contributed by atoms with van der Waals surface area (Å²) in [6, 6.07) is 6.99. The highest BCUT2D eigenvalue weighted by Gasteiger charge is 2.33. The van der Waals surface area contributed by atoms with Crippen molar-refractivity contribution >= 4 is 23.3 Å². The predicted molar refractivity (Wildman–Crippen MR) is 101 cm³/mol. The molecule has 1 aromatic rings. The molecule has 1 aliphatic heterocycles. The Balaban J connectivity index is 1.54. The van der Waals surface area contributed by atoms with Gasteiger partial charge in [0.25, 0.3) is 0 Å². The highest BCUT2D eigenvalue weighted by atomic mass is 35.5. The molecule has 1 heterocycles. The van der Waals surface area contributed by atoms with E-state index in [1.807, 2.05) is 24.0 Å². The van der Waals surface area contributed by atoms with Gasteiger partial charge in [0.15, 0.2) is 0 Å². The van der Waals surface area contributed by atoms with Crippen LogP contribution in [0.5, 0.6) is 0 Å². The summed E-state index contributed by atoms with van der Waals surface area (Å²) in [5, 5.41) is 13.4. The second kappa shape index (κ2) is 8.39. The molecule has 25 heavy (non-hydrogen) atoms. The maximum absolute atomic E-state index is 10.9. The number of carboxylic acid groups (broad SMARTS) is 1. The van der Waals surface area contributed by atoms with Gasteiger partial charge in [-0.15, -0.1) is 0 Å². The van der Waals surface area contributed by atoms with Gasteiger partial charge in [-0.3, -0.25) is 9.69 Å². The molecule has 1 saturated heterocycles. The van der Waals surface area contributed by atoms with Crippen molar-refractivity contribution in [3.63, 3.8) is 0 Å². The monoisotopic (exact) mass is 365 g/mol. The lowest BCUT2D eigenvalue weighted by Gasteiger charge is -2.42. The first-order chi connectivity index (χ1) is 12.1. The van der Waals surface area contributed by atoms with E-state index in [4.69, 9.17) is 16.7 Å². The molecule has 2 N–H and O–H groups in total. The van der Waals surface area contributed by atoms with E-state index in [0.29, 0.717) is 12.1 Å². The van der Waals surface area contributed by atoms with Crippen LogP contribution in [-0.2, 0) is 11.3 Å². The molecule has 0 amide bonds. The predicted octanol–water partition coefficient (Wildman–Crippen LogP) is 2.97. The highest BCUT2D eigenvalue weighted by molar-refractivity contribution is 6.31. The molecular weight excluding hydrogens is 338 g/mol.